The Morgan fingerprint density at radius 3 is 1.77 bits per heavy atom. The van der Waals surface area contributed by atoms with E-state index < -0.39 is 0 Å². The van der Waals surface area contributed by atoms with Crippen LogP contribution in [0.4, 0.5) is 0 Å². The van der Waals surface area contributed by atoms with E-state index in [9.17, 15) is 0 Å². The van der Waals surface area contributed by atoms with Crippen LogP contribution in [0.5, 0.6) is 0 Å². The minimum Gasteiger partial charge on any atom is -0.349 e. The molecule has 0 aromatic rings. The van der Waals surface area contributed by atoms with Gasteiger partial charge < -0.3 is 9.47 Å². The van der Waals surface area contributed by atoms with Crippen LogP contribution in [0.2, 0.25) is 0 Å². The third kappa shape index (κ3) is 6.20. The highest BCUT2D eigenvalue weighted by Gasteiger charge is 2.33. The molecule has 130 valence electrons. The predicted octanol–water partition coefficient (Wildman–Crippen LogP) is 6.08. The second-order valence-corrected chi connectivity index (χ2v) is 7.90. The number of rotatable bonds is 2. The van der Waals surface area contributed by atoms with Crippen molar-refractivity contribution in [1.82, 2.24) is 0 Å². The topological polar surface area (TPSA) is 18.5 Å². The first kappa shape index (κ1) is 18.3. The average molecular weight is 311 g/mol. The molecule has 0 amide bonds. The molecule has 2 unspecified atom stereocenters. The van der Waals surface area contributed by atoms with Crippen molar-refractivity contribution < 1.29 is 9.47 Å². The van der Waals surface area contributed by atoms with Crippen LogP contribution in [0, 0.1) is 11.8 Å². The maximum Gasteiger partial charge on any atom is 0.161 e. The van der Waals surface area contributed by atoms with Crippen molar-refractivity contribution in [3.05, 3.63) is 0 Å². The van der Waals surface area contributed by atoms with Crippen LogP contribution in [-0.2, 0) is 9.47 Å². The Bertz CT molecular complexity index is 279. The fourth-order valence-corrected chi connectivity index (χ4v) is 4.02. The molecule has 2 aliphatic rings. The lowest BCUT2D eigenvalue weighted by molar-refractivity contribution is -0.247. The highest BCUT2D eigenvalue weighted by molar-refractivity contribution is 4.76. The van der Waals surface area contributed by atoms with E-state index in [1.807, 2.05) is 0 Å². The molecule has 0 aromatic carbocycles. The Labute approximate surface area is 138 Å². The first-order chi connectivity index (χ1) is 10.7. The van der Waals surface area contributed by atoms with Gasteiger partial charge in [0, 0.05) is 5.92 Å². The molecule has 2 heteroatoms. The minimum atomic E-state index is 0.0247. The Hall–Kier alpha value is -0.0800. The van der Waals surface area contributed by atoms with Crippen molar-refractivity contribution in [1.29, 1.82) is 0 Å². The first-order valence-electron chi connectivity index (χ1n) is 9.97. The van der Waals surface area contributed by atoms with E-state index >= 15 is 0 Å². The van der Waals surface area contributed by atoms with Gasteiger partial charge in [-0.05, 0) is 32.1 Å². The van der Waals surface area contributed by atoms with Crippen LogP contribution in [0.25, 0.3) is 0 Å². The van der Waals surface area contributed by atoms with Gasteiger partial charge in [0.25, 0.3) is 0 Å². The van der Waals surface area contributed by atoms with E-state index in [0.29, 0.717) is 24.0 Å². The van der Waals surface area contributed by atoms with Crippen molar-refractivity contribution in [2.45, 2.75) is 116 Å². The molecule has 2 fully saturated rings. The predicted molar refractivity (Wildman–Crippen MR) is 92.9 cm³/mol. The molecule has 1 aliphatic heterocycles. The van der Waals surface area contributed by atoms with Crippen molar-refractivity contribution in [3.8, 4) is 0 Å². The minimum absolute atomic E-state index is 0.0247. The summed E-state index contributed by atoms with van der Waals surface area (Å²) in [6, 6.07) is 0. The highest BCUT2D eigenvalue weighted by Crippen LogP contribution is 2.32. The third-order valence-corrected chi connectivity index (χ3v) is 5.78. The van der Waals surface area contributed by atoms with E-state index in [0.717, 1.165) is 0 Å². The van der Waals surface area contributed by atoms with Crippen LogP contribution in [0.1, 0.15) is 97.8 Å². The van der Waals surface area contributed by atoms with Crippen molar-refractivity contribution >= 4 is 0 Å². The van der Waals surface area contributed by atoms with Gasteiger partial charge in [-0.1, -0.05) is 71.6 Å². The lowest BCUT2D eigenvalue weighted by Crippen LogP contribution is -2.41. The van der Waals surface area contributed by atoms with E-state index in [1.165, 1.54) is 77.0 Å². The van der Waals surface area contributed by atoms with Crippen LogP contribution in [-0.4, -0.2) is 18.5 Å². The molecule has 0 bridgehead atoms. The van der Waals surface area contributed by atoms with Crippen LogP contribution in [0.15, 0.2) is 0 Å². The van der Waals surface area contributed by atoms with Gasteiger partial charge in [0.15, 0.2) is 6.29 Å². The standard InChI is InChI=1S/C20H38O2/c1-16-15-17(2)21-20(18(16)3)22-19-13-11-9-7-5-4-6-8-10-12-14-19/h16-20H,4-15H2,1-3H3/t16?,17?,18-,20+/m1/s1. The molecule has 0 radical (unpaired) electrons. The fraction of sp³-hybridized carbons (Fsp3) is 1.00. The molecule has 4 atom stereocenters. The lowest BCUT2D eigenvalue weighted by atomic mass is 9.87. The summed E-state index contributed by atoms with van der Waals surface area (Å²) in [5.74, 6) is 1.23. The summed E-state index contributed by atoms with van der Waals surface area (Å²) in [6.45, 7) is 6.84. The fourth-order valence-electron chi connectivity index (χ4n) is 4.02. The number of hydrogen-bond donors (Lipinski definition) is 0. The van der Waals surface area contributed by atoms with E-state index in [1.54, 1.807) is 0 Å². The normalized spacial score (nSPS) is 37.2. The van der Waals surface area contributed by atoms with Crippen molar-refractivity contribution in [3.63, 3.8) is 0 Å². The van der Waals surface area contributed by atoms with Gasteiger partial charge in [0.05, 0.1) is 12.2 Å². The van der Waals surface area contributed by atoms with Crippen molar-refractivity contribution in [2.24, 2.45) is 11.8 Å². The molecular weight excluding hydrogens is 272 g/mol. The summed E-state index contributed by atoms with van der Waals surface area (Å²) in [7, 11) is 0. The summed E-state index contributed by atoms with van der Waals surface area (Å²) in [5.41, 5.74) is 0. The van der Waals surface area contributed by atoms with Gasteiger partial charge in [-0.25, -0.2) is 0 Å². The Morgan fingerprint density at radius 2 is 1.23 bits per heavy atom. The van der Waals surface area contributed by atoms with Gasteiger partial charge in [-0.3, -0.25) is 0 Å². The monoisotopic (exact) mass is 310 g/mol. The highest BCUT2D eigenvalue weighted by atomic mass is 16.7. The van der Waals surface area contributed by atoms with Gasteiger partial charge in [0.2, 0.25) is 0 Å². The Kier molecular flexibility index (Phi) is 8.24. The maximum absolute atomic E-state index is 6.47. The van der Waals surface area contributed by atoms with Crippen LogP contribution >= 0.6 is 0 Å². The summed E-state index contributed by atoms with van der Waals surface area (Å²) >= 11 is 0. The summed E-state index contributed by atoms with van der Waals surface area (Å²) in [6.07, 6.45) is 17.0. The smallest absolute Gasteiger partial charge is 0.161 e. The zero-order valence-electron chi connectivity index (χ0n) is 15.2. The second kappa shape index (κ2) is 9.93. The summed E-state index contributed by atoms with van der Waals surface area (Å²) in [4.78, 5) is 0. The van der Waals surface area contributed by atoms with Crippen molar-refractivity contribution in [2.75, 3.05) is 0 Å². The first-order valence-corrected chi connectivity index (χ1v) is 9.97. The molecule has 0 aromatic heterocycles. The molecule has 1 saturated heterocycles. The van der Waals surface area contributed by atoms with E-state index in [4.69, 9.17) is 9.47 Å². The molecule has 0 N–H and O–H groups in total. The molecular formula is C20H38O2. The third-order valence-electron chi connectivity index (χ3n) is 5.78. The van der Waals surface area contributed by atoms with Gasteiger partial charge in [-0.15, -0.1) is 0 Å². The van der Waals surface area contributed by atoms with Gasteiger partial charge in [-0.2, -0.15) is 0 Å². The maximum atomic E-state index is 6.47. The van der Waals surface area contributed by atoms with E-state index in [-0.39, 0.29) is 6.29 Å². The average Bonchev–Trinajstić information content (AvgIpc) is 2.47. The molecule has 0 spiro atoms. The van der Waals surface area contributed by atoms with Gasteiger partial charge in [0.1, 0.15) is 0 Å². The molecule has 2 nitrogen and oxygen atoms in total. The summed E-state index contributed by atoms with van der Waals surface area (Å²) < 4.78 is 12.6. The molecule has 1 heterocycles. The SMILES string of the molecule is CC1CC(C)[C@@H](C)[C@H](OC2CCCCCCCCCCC2)O1. The Balaban J connectivity index is 1.83. The molecule has 1 saturated carbocycles. The van der Waals surface area contributed by atoms with Crippen LogP contribution in [0.3, 0.4) is 0 Å². The number of ether oxygens (including phenoxy) is 2. The quantitative estimate of drug-likeness (QED) is 0.615. The van der Waals surface area contributed by atoms with Crippen LogP contribution < -0.4 is 0 Å². The molecule has 2 rings (SSSR count). The van der Waals surface area contributed by atoms with Gasteiger partial charge >= 0.3 is 0 Å². The van der Waals surface area contributed by atoms with E-state index in [2.05, 4.69) is 20.8 Å². The zero-order valence-corrected chi connectivity index (χ0v) is 15.2. The molecule has 22 heavy (non-hydrogen) atoms. The zero-order chi connectivity index (χ0) is 15.8. The largest absolute Gasteiger partial charge is 0.349 e. The summed E-state index contributed by atoms with van der Waals surface area (Å²) in [5, 5.41) is 0. The Morgan fingerprint density at radius 1 is 0.727 bits per heavy atom. The lowest BCUT2D eigenvalue weighted by Gasteiger charge is -2.39. The second-order valence-electron chi connectivity index (χ2n) is 7.90. The molecule has 1 aliphatic carbocycles. The number of hydrogen-bond acceptors (Lipinski definition) is 2.